The lowest BCUT2D eigenvalue weighted by molar-refractivity contribution is -0.141. The minimum Gasteiger partial charge on any atom is -0.355 e. The SMILES string of the molecule is CCNC(=O)C(Cc1ccccc1)N(Cc1cccc(Cl)c1)C(=O)CCCN(c1ccc(F)c(F)c1)S(C)(=O)=O. The van der Waals surface area contributed by atoms with Gasteiger partial charge in [-0.2, -0.15) is 0 Å². The van der Waals surface area contributed by atoms with Crippen molar-refractivity contribution >= 4 is 39.1 Å². The third-order valence-corrected chi connectivity index (χ3v) is 7.64. The zero-order valence-corrected chi connectivity index (χ0v) is 23.9. The number of benzene rings is 3. The van der Waals surface area contributed by atoms with Gasteiger partial charge in [0.15, 0.2) is 11.6 Å². The van der Waals surface area contributed by atoms with Crippen molar-refractivity contribution in [2.24, 2.45) is 0 Å². The quantitative estimate of drug-likeness (QED) is 0.305. The standard InChI is InChI=1S/C29H32ClF2N3O4S/c1-3-33-29(37)27(18-21-9-5-4-6-10-21)34(20-22-11-7-12-23(30)17-22)28(36)13-8-16-35(40(2,38)39)24-14-15-25(31)26(32)19-24/h4-7,9-12,14-15,17,19,27H,3,8,13,16,18,20H2,1-2H3,(H,33,37). The van der Waals surface area contributed by atoms with Crippen molar-refractivity contribution in [3.8, 4) is 0 Å². The first kappa shape index (κ1) is 31.0. The molecule has 11 heteroatoms. The second-order valence-corrected chi connectivity index (χ2v) is 11.6. The summed E-state index contributed by atoms with van der Waals surface area (Å²) in [5, 5.41) is 3.30. The summed E-state index contributed by atoms with van der Waals surface area (Å²) in [4.78, 5) is 28.4. The maximum atomic E-state index is 13.8. The summed E-state index contributed by atoms with van der Waals surface area (Å²) in [7, 11) is -3.86. The second-order valence-electron chi connectivity index (χ2n) is 9.29. The number of sulfonamides is 1. The van der Waals surface area contributed by atoms with E-state index in [0.717, 1.165) is 39.9 Å². The van der Waals surface area contributed by atoms with Crippen LogP contribution in [0.15, 0.2) is 72.8 Å². The number of amides is 2. The molecule has 0 aromatic heterocycles. The van der Waals surface area contributed by atoms with Crippen LogP contribution in [0.4, 0.5) is 14.5 Å². The average molecular weight is 592 g/mol. The zero-order chi connectivity index (χ0) is 29.3. The van der Waals surface area contributed by atoms with Gasteiger partial charge in [0.1, 0.15) is 6.04 Å². The van der Waals surface area contributed by atoms with Crippen molar-refractivity contribution < 1.29 is 26.8 Å². The number of carbonyl (C=O) groups excluding carboxylic acids is 2. The largest absolute Gasteiger partial charge is 0.355 e. The van der Waals surface area contributed by atoms with E-state index in [9.17, 15) is 26.8 Å². The van der Waals surface area contributed by atoms with Crippen LogP contribution >= 0.6 is 11.6 Å². The smallest absolute Gasteiger partial charge is 0.243 e. The fraction of sp³-hybridized carbons (Fsp3) is 0.310. The number of nitrogens with zero attached hydrogens (tertiary/aromatic N) is 2. The summed E-state index contributed by atoms with van der Waals surface area (Å²) in [6.45, 7) is 2.12. The number of hydrogen-bond acceptors (Lipinski definition) is 4. The molecule has 0 saturated carbocycles. The zero-order valence-electron chi connectivity index (χ0n) is 22.3. The maximum Gasteiger partial charge on any atom is 0.243 e. The molecule has 214 valence electrons. The van der Waals surface area contributed by atoms with Crippen LogP contribution in [0.5, 0.6) is 0 Å². The molecule has 1 atom stereocenters. The first-order valence-electron chi connectivity index (χ1n) is 12.8. The summed E-state index contributed by atoms with van der Waals surface area (Å²) in [6.07, 6.45) is 1.20. The lowest BCUT2D eigenvalue weighted by Gasteiger charge is -2.32. The van der Waals surface area contributed by atoms with Gasteiger partial charge in [0, 0.05) is 43.6 Å². The molecule has 2 amide bonds. The van der Waals surface area contributed by atoms with Crippen molar-refractivity contribution in [1.82, 2.24) is 10.2 Å². The summed E-state index contributed by atoms with van der Waals surface area (Å²) in [6, 6.07) is 18.3. The third-order valence-electron chi connectivity index (χ3n) is 6.21. The van der Waals surface area contributed by atoms with Gasteiger partial charge in [-0.1, -0.05) is 54.1 Å². The van der Waals surface area contributed by atoms with E-state index in [-0.39, 0.29) is 49.9 Å². The number of likely N-dealkylation sites (N-methyl/N-ethyl adjacent to an activating group) is 1. The molecule has 0 spiro atoms. The van der Waals surface area contributed by atoms with Gasteiger partial charge in [0.05, 0.1) is 11.9 Å². The highest BCUT2D eigenvalue weighted by Crippen LogP contribution is 2.22. The van der Waals surface area contributed by atoms with Crippen molar-refractivity contribution in [2.45, 2.75) is 38.8 Å². The molecule has 3 rings (SSSR count). The van der Waals surface area contributed by atoms with E-state index in [1.807, 2.05) is 30.3 Å². The summed E-state index contributed by atoms with van der Waals surface area (Å²) in [5.41, 5.74) is 1.54. The molecule has 0 bridgehead atoms. The van der Waals surface area contributed by atoms with Crippen molar-refractivity contribution in [1.29, 1.82) is 0 Å². The molecule has 1 N–H and O–H groups in total. The fourth-order valence-corrected chi connectivity index (χ4v) is 5.49. The van der Waals surface area contributed by atoms with Crippen LogP contribution in [0.3, 0.4) is 0 Å². The molecule has 1 unspecified atom stereocenters. The number of halogens is 3. The number of nitrogens with one attached hydrogen (secondary N) is 1. The highest BCUT2D eigenvalue weighted by Gasteiger charge is 2.30. The summed E-state index contributed by atoms with van der Waals surface area (Å²) in [5.74, 6) is -2.97. The van der Waals surface area contributed by atoms with Gasteiger partial charge < -0.3 is 10.2 Å². The summed E-state index contributed by atoms with van der Waals surface area (Å²) >= 11 is 6.17. The van der Waals surface area contributed by atoms with Crippen LogP contribution in [0, 0.1) is 11.6 Å². The average Bonchev–Trinajstić information content (AvgIpc) is 2.90. The van der Waals surface area contributed by atoms with E-state index < -0.39 is 27.7 Å². The normalized spacial score (nSPS) is 12.0. The third kappa shape index (κ3) is 8.76. The van der Waals surface area contributed by atoms with Crippen LogP contribution in [-0.4, -0.2) is 50.5 Å². The van der Waals surface area contributed by atoms with Gasteiger partial charge in [-0.05, 0) is 48.7 Å². The van der Waals surface area contributed by atoms with E-state index in [1.54, 1.807) is 31.2 Å². The number of hydrogen-bond donors (Lipinski definition) is 1. The number of anilines is 1. The molecule has 40 heavy (non-hydrogen) atoms. The Morgan fingerprint density at radius 3 is 2.27 bits per heavy atom. The van der Waals surface area contributed by atoms with Gasteiger partial charge in [-0.3, -0.25) is 13.9 Å². The molecule has 0 aliphatic heterocycles. The minimum absolute atomic E-state index is 0.0473. The van der Waals surface area contributed by atoms with Crippen molar-refractivity contribution in [3.63, 3.8) is 0 Å². The Balaban J connectivity index is 1.87. The minimum atomic E-state index is -3.86. The molecule has 0 aliphatic rings. The Bertz CT molecular complexity index is 1420. The monoisotopic (exact) mass is 591 g/mol. The van der Waals surface area contributed by atoms with Crippen molar-refractivity contribution in [2.75, 3.05) is 23.7 Å². The van der Waals surface area contributed by atoms with Crippen LogP contribution in [0.2, 0.25) is 5.02 Å². The molecule has 0 fully saturated rings. The van der Waals surface area contributed by atoms with E-state index in [1.165, 1.54) is 4.90 Å². The van der Waals surface area contributed by atoms with E-state index in [4.69, 9.17) is 11.6 Å². The molecular weight excluding hydrogens is 560 g/mol. The molecule has 0 aliphatic carbocycles. The van der Waals surface area contributed by atoms with Gasteiger partial charge in [-0.15, -0.1) is 0 Å². The Hall–Kier alpha value is -3.50. The predicted molar refractivity (Wildman–Crippen MR) is 152 cm³/mol. The van der Waals surface area contributed by atoms with Gasteiger partial charge >= 0.3 is 0 Å². The van der Waals surface area contributed by atoms with Crippen LogP contribution in [0.25, 0.3) is 0 Å². The lowest BCUT2D eigenvalue weighted by atomic mass is 10.0. The van der Waals surface area contributed by atoms with E-state index >= 15 is 0 Å². The molecule has 3 aromatic rings. The first-order valence-corrected chi connectivity index (χ1v) is 15.0. The highest BCUT2D eigenvalue weighted by molar-refractivity contribution is 7.92. The molecule has 3 aromatic carbocycles. The molecule has 0 radical (unpaired) electrons. The number of rotatable bonds is 13. The van der Waals surface area contributed by atoms with Crippen LogP contribution in [0.1, 0.15) is 30.9 Å². The Morgan fingerprint density at radius 1 is 0.950 bits per heavy atom. The lowest BCUT2D eigenvalue weighted by Crippen LogP contribution is -2.50. The highest BCUT2D eigenvalue weighted by atomic mass is 35.5. The van der Waals surface area contributed by atoms with E-state index in [2.05, 4.69) is 5.32 Å². The van der Waals surface area contributed by atoms with E-state index in [0.29, 0.717) is 11.6 Å². The Morgan fingerprint density at radius 2 is 1.65 bits per heavy atom. The summed E-state index contributed by atoms with van der Waals surface area (Å²) < 4.78 is 53.0. The molecular formula is C29H32ClF2N3O4S. The van der Waals surface area contributed by atoms with Crippen LogP contribution < -0.4 is 9.62 Å². The van der Waals surface area contributed by atoms with Crippen molar-refractivity contribution in [3.05, 3.63) is 101 Å². The molecule has 0 heterocycles. The first-order chi connectivity index (χ1) is 19.0. The van der Waals surface area contributed by atoms with Crippen LogP contribution in [-0.2, 0) is 32.6 Å². The molecule has 7 nitrogen and oxygen atoms in total. The topological polar surface area (TPSA) is 86.8 Å². The van der Waals surface area contributed by atoms with Gasteiger partial charge in [0.2, 0.25) is 21.8 Å². The Labute approximate surface area is 238 Å². The maximum absolute atomic E-state index is 13.8. The van der Waals surface area contributed by atoms with Gasteiger partial charge in [0.25, 0.3) is 0 Å². The molecule has 0 saturated heterocycles. The van der Waals surface area contributed by atoms with Gasteiger partial charge in [-0.25, -0.2) is 17.2 Å². The fourth-order valence-electron chi connectivity index (χ4n) is 4.32. The number of carbonyl (C=O) groups is 2. The predicted octanol–water partition coefficient (Wildman–Crippen LogP) is 4.94. The second kappa shape index (κ2) is 14.2. The Kier molecular flexibility index (Phi) is 11.0.